The van der Waals surface area contributed by atoms with Crippen molar-refractivity contribution in [2.24, 2.45) is 5.92 Å². The van der Waals surface area contributed by atoms with Crippen LogP contribution in [0.4, 0.5) is 0 Å². The topological polar surface area (TPSA) is 169 Å². The Hall–Kier alpha value is -2.11. The summed E-state index contributed by atoms with van der Waals surface area (Å²) in [5.41, 5.74) is 2.71. The molecule has 0 amide bonds. The van der Waals surface area contributed by atoms with Crippen molar-refractivity contribution in [1.82, 2.24) is 0 Å². The highest BCUT2D eigenvalue weighted by molar-refractivity contribution is 8.29. The first-order valence-electron chi connectivity index (χ1n) is 20.4. The van der Waals surface area contributed by atoms with Crippen LogP contribution in [-0.4, -0.2) is 130 Å². The average Bonchev–Trinajstić information content (AvgIpc) is 3.17. The van der Waals surface area contributed by atoms with E-state index in [0.29, 0.717) is 32.7 Å². The zero-order valence-electron chi connectivity index (χ0n) is 38.6. The first-order chi connectivity index (χ1) is 27.2. The highest BCUT2D eigenvalue weighted by Crippen LogP contribution is 2.55. The van der Waals surface area contributed by atoms with Crippen LogP contribution in [0.15, 0.2) is 35.9 Å². The molecule has 5 unspecified atom stereocenters. The number of aliphatic carboxylic acids is 2. The number of ether oxygens (including phenoxy) is 7. The monoisotopic (exact) mass is 851 g/mol. The van der Waals surface area contributed by atoms with Gasteiger partial charge in [0.25, 0.3) is 0 Å². The third kappa shape index (κ3) is 24.8. The molecule has 0 heterocycles. The Kier molecular flexibility index (Phi) is 31.7. The molecule has 5 atom stereocenters. The second-order valence-corrected chi connectivity index (χ2v) is 19.7. The molecule has 0 bridgehead atoms. The first-order valence-corrected chi connectivity index (χ1v) is 22.7. The molecule has 0 aliphatic carbocycles. The minimum atomic E-state index is -1.47. The molecule has 0 saturated heterocycles. The van der Waals surface area contributed by atoms with Gasteiger partial charge in [0.15, 0.2) is 6.10 Å². The van der Waals surface area contributed by atoms with E-state index in [0.717, 1.165) is 36.0 Å². The Labute approximate surface area is 353 Å². The summed E-state index contributed by atoms with van der Waals surface area (Å²) in [6, 6.07) is 8.16. The molecule has 0 aliphatic heterocycles. The fourth-order valence-corrected chi connectivity index (χ4v) is 6.40. The number of hydrogen-bond acceptors (Lipinski definition) is 11. The van der Waals surface area contributed by atoms with Gasteiger partial charge in [-0.3, -0.25) is 4.79 Å². The molecule has 0 aliphatic rings. The van der Waals surface area contributed by atoms with Gasteiger partial charge >= 0.3 is 11.9 Å². The minimum absolute atomic E-state index is 0.0386. The van der Waals surface area contributed by atoms with Gasteiger partial charge in [-0.15, -0.1) is 10.3 Å². The number of carboxylic acid groups (broad SMARTS) is 2. The molecular formula is C44H82O13S. The first kappa shape index (κ1) is 58.0. The zero-order chi connectivity index (χ0) is 45.0. The van der Waals surface area contributed by atoms with Crippen molar-refractivity contribution in [1.29, 1.82) is 0 Å². The van der Waals surface area contributed by atoms with E-state index in [4.69, 9.17) is 42.4 Å². The third-order valence-electron chi connectivity index (χ3n) is 9.70. The zero-order valence-corrected chi connectivity index (χ0v) is 39.4. The lowest BCUT2D eigenvalue weighted by molar-refractivity contribution is -0.184. The van der Waals surface area contributed by atoms with E-state index >= 15 is 0 Å². The van der Waals surface area contributed by atoms with Gasteiger partial charge in [-0.05, 0) is 60.8 Å². The fraction of sp³-hybridized carbons (Fsp3) is 0.773. The second-order valence-electron chi connectivity index (χ2n) is 15.8. The summed E-state index contributed by atoms with van der Waals surface area (Å²) in [7, 11) is 3.10. The van der Waals surface area contributed by atoms with Crippen LogP contribution in [0.1, 0.15) is 112 Å². The van der Waals surface area contributed by atoms with E-state index in [1.807, 2.05) is 32.9 Å². The van der Waals surface area contributed by atoms with Crippen molar-refractivity contribution in [3.05, 3.63) is 47.0 Å². The van der Waals surface area contributed by atoms with Gasteiger partial charge in [-0.2, -0.15) is 0 Å². The number of methoxy groups -OCH3 is 3. The van der Waals surface area contributed by atoms with Crippen LogP contribution in [0.5, 0.6) is 0 Å². The number of aliphatic hydroxyl groups excluding tert-OH is 1. The Morgan fingerprint density at radius 1 is 0.879 bits per heavy atom. The molecule has 0 spiro atoms. The second kappa shape index (κ2) is 31.7. The lowest BCUT2D eigenvalue weighted by Gasteiger charge is -2.46. The molecule has 0 saturated carbocycles. The molecule has 342 valence electrons. The number of aliphatic hydroxyl groups is 1. The van der Waals surface area contributed by atoms with Crippen molar-refractivity contribution < 1.29 is 62.2 Å². The molecule has 1 aromatic carbocycles. The molecule has 1 aromatic rings. The van der Waals surface area contributed by atoms with Crippen LogP contribution in [-0.2, 0) is 58.8 Å². The largest absolute Gasteiger partial charge is 0.481 e. The molecule has 0 aromatic heterocycles. The van der Waals surface area contributed by atoms with E-state index in [2.05, 4.69) is 72.3 Å². The summed E-state index contributed by atoms with van der Waals surface area (Å²) in [4.78, 5) is 21.4. The summed E-state index contributed by atoms with van der Waals surface area (Å²) >= 11 is 0. The molecule has 13 nitrogen and oxygen atoms in total. The normalized spacial score (nSPS) is 15.2. The summed E-state index contributed by atoms with van der Waals surface area (Å²) in [6.45, 7) is 22.2. The predicted molar refractivity (Wildman–Crippen MR) is 234 cm³/mol. The van der Waals surface area contributed by atoms with Gasteiger partial charge in [-0.25, -0.2) is 4.79 Å². The lowest BCUT2D eigenvalue weighted by atomic mass is 9.78. The molecular weight excluding hydrogens is 769 g/mol. The Bertz CT molecular complexity index is 1250. The fourth-order valence-electron chi connectivity index (χ4n) is 5.26. The van der Waals surface area contributed by atoms with Gasteiger partial charge in [0.05, 0.1) is 32.0 Å². The Morgan fingerprint density at radius 2 is 1.48 bits per heavy atom. The summed E-state index contributed by atoms with van der Waals surface area (Å²) in [5.74, 6) is -1.72. The SMILES string of the molecule is CC.CCC(/C=C(/C)C(O)CC(CCC(C)(C)c1cccc(CC(OCOC)C(OCOC)C(=O)O)c1)OS(C)(C)C(C)(C)C)COCOCCOC.CCC(=O)O. The minimum Gasteiger partial charge on any atom is -0.481 e. The van der Waals surface area contributed by atoms with E-state index in [9.17, 15) is 19.8 Å². The molecule has 14 heteroatoms. The van der Waals surface area contributed by atoms with Gasteiger partial charge in [0.1, 0.15) is 26.5 Å². The van der Waals surface area contributed by atoms with E-state index in [1.54, 1.807) is 14.0 Å². The lowest BCUT2D eigenvalue weighted by Crippen LogP contribution is -2.40. The molecule has 1 rings (SSSR count). The summed E-state index contributed by atoms with van der Waals surface area (Å²) in [5, 5.41) is 29.0. The van der Waals surface area contributed by atoms with Gasteiger partial charge < -0.3 is 52.7 Å². The van der Waals surface area contributed by atoms with Gasteiger partial charge in [-0.1, -0.05) is 92.7 Å². The number of benzene rings is 1. The smallest absolute Gasteiger partial charge is 0.335 e. The van der Waals surface area contributed by atoms with Crippen LogP contribution in [0.3, 0.4) is 0 Å². The van der Waals surface area contributed by atoms with E-state index < -0.39 is 40.6 Å². The van der Waals surface area contributed by atoms with Crippen molar-refractivity contribution in [2.75, 3.05) is 74.0 Å². The molecule has 3 N–H and O–H groups in total. The van der Waals surface area contributed by atoms with Crippen LogP contribution in [0.2, 0.25) is 0 Å². The maximum Gasteiger partial charge on any atom is 0.335 e. The summed E-state index contributed by atoms with van der Waals surface area (Å²) < 4.78 is 44.3. The van der Waals surface area contributed by atoms with E-state index in [-0.39, 0.29) is 49.0 Å². The molecule has 0 radical (unpaired) electrons. The highest BCUT2D eigenvalue weighted by atomic mass is 32.3. The predicted octanol–water partition coefficient (Wildman–Crippen LogP) is 8.38. The number of hydrogen-bond donors (Lipinski definition) is 3. The Morgan fingerprint density at radius 3 is 2.00 bits per heavy atom. The van der Waals surface area contributed by atoms with Crippen molar-refractivity contribution >= 4 is 22.2 Å². The van der Waals surface area contributed by atoms with Gasteiger partial charge in [0, 0.05) is 51.3 Å². The van der Waals surface area contributed by atoms with Crippen LogP contribution in [0.25, 0.3) is 0 Å². The number of carboxylic acids is 2. The molecule has 0 fully saturated rings. The van der Waals surface area contributed by atoms with Crippen LogP contribution >= 0.6 is 10.3 Å². The van der Waals surface area contributed by atoms with Crippen molar-refractivity contribution in [3.8, 4) is 0 Å². The quantitative estimate of drug-likeness (QED) is 0.0400. The average molecular weight is 851 g/mol. The number of rotatable bonds is 29. The maximum absolute atomic E-state index is 12.1. The standard InChI is InChI=1S/C39H70O11S.C3H6O2.C2H6/c1-13-30(25-47-28-46-20-19-43-8)21-29(2)34(40)24-33(50-51(11,12)38(3,4)5)17-18-39(6,7)32-16-14-15-31(22-32)23-35(48-26-44-9)36(37(41)42)49-27-45-10;1-2-3(4)5;1-2/h14-16,21-22,30,33-36,40H,13,17-20,23-28H2,1-12H3,(H,41,42);2H2,1H3,(H,4,5);1-2H3/b29-21-;;. The van der Waals surface area contributed by atoms with Crippen molar-refractivity contribution in [3.63, 3.8) is 0 Å². The van der Waals surface area contributed by atoms with Gasteiger partial charge in [0.2, 0.25) is 0 Å². The van der Waals surface area contributed by atoms with Crippen LogP contribution in [0, 0.1) is 5.92 Å². The van der Waals surface area contributed by atoms with Crippen LogP contribution < -0.4 is 0 Å². The van der Waals surface area contributed by atoms with E-state index in [1.165, 1.54) is 14.2 Å². The summed E-state index contributed by atoms with van der Waals surface area (Å²) in [6.07, 6.45) is 7.13. The third-order valence-corrected chi connectivity index (χ3v) is 13.4. The highest BCUT2D eigenvalue weighted by Gasteiger charge is 2.34. The maximum atomic E-state index is 12.1. The Balaban J connectivity index is 0. The molecule has 58 heavy (non-hydrogen) atoms. The van der Waals surface area contributed by atoms with Crippen molar-refractivity contribution in [2.45, 2.75) is 142 Å². The number of carbonyl (C=O) groups is 2.